The van der Waals surface area contributed by atoms with Gasteiger partial charge in [0, 0.05) is 38.4 Å². The van der Waals surface area contributed by atoms with Crippen molar-refractivity contribution >= 4 is 5.69 Å². The van der Waals surface area contributed by atoms with Crippen molar-refractivity contribution in [2.75, 3.05) is 57.4 Å². The summed E-state index contributed by atoms with van der Waals surface area (Å²) in [5.41, 5.74) is 1.63. The summed E-state index contributed by atoms with van der Waals surface area (Å²) in [6.45, 7) is 8.31. The Morgan fingerprint density at radius 1 is 0.938 bits per heavy atom. The Balaban J connectivity index is 1.33. The monoisotopic (exact) mass is 440 g/mol. The predicted molar refractivity (Wildman–Crippen MR) is 126 cm³/mol. The number of ether oxygens (including phenoxy) is 2. The highest BCUT2D eigenvalue weighted by atomic mass is 16.5. The van der Waals surface area contributed by atoms with Gasteiger partial charge in [-0.3, -0.25) is 4.90 Å². The van der Waals surface area contributed by atoms with Gasteiger partial charge in [0.25, 0.3) is 0 Å². The maximum absolute atomic E-state index is 11.3. The van der Waals surface area contributed by atoms with Crippen LogP contribution < -0.4 is 9.64 Å². The van der Waals surface area contributed by atoms with Crippen LogP contribution in [-0.2, 0) is 4.74 Å². The average Bonchev–Trinajstić information content (AvgIpc) is 2.95. The zero-order chi connectivity index (χ0) is 22.6. The van der Waals surface area contributed by atoms with Gasteiger partial charge in [-0.05, 0) is 50.5 Å². The molecule has 2 aromatic rings. The van der Waals surface area contributed by atoms with Crippen molar-refractivity contribution < 1.29 is 19.7 Å². The second-order valence-electron chi connectivity index (χ2n) is 9.59. The number of β-amino-alcohol motifs (C(OH)–C–C–N with tert-alkyl or cyclic N) is 2. The molecule has 0 radical (unpaired) electrons. The van der Waals surface area contributed by atoms with Crippen LogP contribution in [0.25, 0.3) is 0 Å². The molecule has 0 amide bonds. The molecule has 2 saturated heterocycles. The first kappa shape index (κ1) is 23.1. The number of aliphatic hydroxyl groups is 2. The predicted octanol–water partition coefficient (Wildman–Crippen LogP) is 2.78. The summed E-state index contributed by atoms with van der Waals surface area (Å²) in [5.74, 6) is 0.777. The van der Waals surface area contributed by atoms with Crippen LogP contribution in [-0.4, -0.2) is 78.9 Å². The van der Waals surface area contributed by atoms with E-state index in [1.807, 2.05) is 31.2 Å². The third-order valence-electron chi connectivity index (χ3n) is 6.64. The molecule has 0 bridgehead atoms. The molecule has 2 fully saturated rings. The Kier molecular flexibility index (Phi) is 7.05. The number of piperidine rings is 1. The first-order chi connectivity index (χ1) is 15.3. The smallest absolute Gasteiger partial charge is 0.134 e. The van der Waals surface area contributed by atoms with Crippen LogP contribution in [0.15, 0.2) is 48.5 Å². The quantitative estimate of drug-likeness (QED) is 0.720. The highest BCUT2D eigenvalue weighted by molar-refractivity contribution is 5.48. The molecule has 2 aliphatic heterocycles. The van der Waals surface area contributed by atoms with Gasteiger partial charge < -0.3 is 24.6 Å². The Labute approximate surface area is 191 Å². The van der Waals surface area contributed by atoms with Gasteiger partial charge in [0.2, 0.25) is 0 Å². The standard InChI is InChI=1S/C26H36N2O4/c1-21-7-9-23(10-8-21)28-13-11-25(29,12-14-28)17-27-15-16-31-19-26(30,18-27)20-32-24-6-4-3-5-22(24)2/h3-10,29-30H,11-20H2,1-2H3/t26-/m1/s1. The van der Waals surface area contributed by atoms with E-state index in [0.29, 0.717) is 39.1 Å². The van der Waals surface area contributed by atoms with E-state index in [1.165, 1.54) is 11.3 Å². The van der Waals surface area contributed by atoms with E-state index in [9.17, 15) is 10.2 Å². The maximum atomic E-state index is 11.3. The number of aryl methyl sites for hydroxylation is 2. The minimum Gasteiger partial charge on any atom is -0.490 e. The van der Waals surface area contributed by atoms with Gasteiger partial charge in [-0.15, -0.1) is 0 Å². The van der Waals surface area contributed by atoms with Gasteiger partial charge in [-0.2, -0.15) is 0 Å². The molecule has 2 aromatic carbocycles. The molecule has 0 aromatic heterocycles. The summed E-state index contributed by atoms with van der Waals surface area (Å²) in [6.07, 6.45) is 1.41. The van der Waals surface area contributed by atoms with Crippen molar-refractivity contribution in [1.29, 1.82) is 0 Å². The molecule has 4 rings (SSSR count). The SMILES string of the molecule is Cc1ccc(N2CCC(O)(CN3CCOC[C@@](O)(COc4ccccc4C)C3)CC2)cc1. The molecule has 2 heterocycles. The second-order valence-corrected chi connectivity index (χ2v) is 9.59. The van der Waals surface area contributed by atoms with E-state index in [0.717, 1.165) is 24.4 Å². The van der Waals surface area contributed by atoms with Crippen molar-refractivity contribution in [3.8, 4) is 5.75 Å². The van der Waals surface area contributed by atoms with Gasteiger partial charge in [-0.25, -0.2) is 0 Å². The molecule has 174 valence electrons. The van der Waals surface area contributed by atoms with Gasteiger partial charge in [0.15, 0.2) is 0 Å². The van der Waals surface area contributed by atoms with Crippen molar-refractivity contribution in [2.24, 2.45) is 0 Å². The topological polar surface area (TPSA) is 65.4 Å². The number of para-hydroxylation sites is 1. The maximum Gasteiger partial charge on any atom is 0.134 e. The first-order valence-corrected chi connectivity index (χ1v) is 11.6. The van der Waals surface area contributed by atoms with Gasteiger partial charge in [-0.1, -0.05) is 35.9 Å². The third-order valence-corrected chi connectivity index (χ3v) is 6.64. The highest BCUT2D eigenvalue weighted by Gasteiger charge is 2.39. The summed E-state index contributed by atoms with van der Waals surface area (Å²) < 4.78 is 11.6. The lowest BCUT2D eigenvalue weighted by molar-refractivity contribution is -0.0743. The number of nitrogens with zero attached hydrogens (tertiary/aromatic N) is 2. The summed E-state index contributed by atoms with van der Waals surface area (Å²) in [7, 11) is 0. The molecular weight excluding hydrogens is 404 g/mol. The molecule has 0 spiro atoms. The fourth-order valence-electron chi connectivity index (χ4n) is 4.66. The van der Waals surface area contributed by atoms with Gasteiger partial charge in [0.1, 0.15) is 18.0 Å². The Bertz CT molecular complexity index is 880. The Morgan fingerprint density at radius 3 is 2.38 bits per heavy atom. The second kappa shape index (κ2) is 9.79. The van der Waals surface area contributed by atoms with Gasteiger partial charge >= 0.3 is 0 Å². The lowest BCUT2D eigenvalue weighted by atomic mass is 9.90. The van der Waals surface area contributed by atoms with Crippen LogP contribution in [0, 0.1) is 13.8 Å². The van der Waals surface area contributed by atoms with Crippen LogP contribution in [0.5, 0.6) is 5.75 Å². The Hall–Kier alpha value is -2.12. The normalized spacial score (nSPS) is 24.2. The molecule has 6 nitrogen and oxygen atoms in total. The number of rotatable bonds is 6. The average molecular weight is 441 g/mol. The molecule has 2 N–H and O–H groups in total. The Morgan fingerprint density at radius 2 is 1.66 bits per heavy atom. The number of hydrogen-bond donors (Lipinski definition) is 2. The number of hydrogen-bond acceptors (Lipinski definition) is 6. The minimum absolute atomic E-state index is 0.161. The minimum atomic E-state index is -1.11. The molecule has 1 atom stereocenters. The van der Waals surface area contributed by atoms with Crippen LogP contribution in [0.1, 0.15) is 24.0 Å². The van der Waals surface area contributed by atoms with Crippen molar-refractivity contribution in [2.45, 2.75) is 37.9 Å². The van der Waals surface area contributed by atoms with E-state index in [4.69, 9.17) is 9.47 Å². The third kappa shape index (κ3) is 5.81. The van der Waals surface area contributed by atoms with E-state index in [2.05, 4.69) is 41.0 Å². The first-order valence-electron chi connectivity index (χ1n) is 11.6. The lowest BCUT2D eigenvalue weighted by Gasteiger charge is -2.42. The van der Waals surface area contributed by atoms with Gasteiger partial charge in [0.05, 0.1) is 18.8 Å². The zero-order valence-corrected chi connectivity index (χ0v) is 19.3. The molecule has 0 aliphatic carbocycles. The number of benzene rings is 2. The molecule has 6 heteroatoms. The number of anilines is 1. The summed E-state index contributed by atoms with van der Waals surface area (Å²) in [6, 6.07) is 16.4. The molecule has 32 heavy (non-hydrogen) atoms. The molecule has 0 saturated carbocycles. The molecule has 0 unspecified atom stereocenters. The van der Waals surface area contributed by atoms with E-state index >= 15 is 0 Å². The van der Waals surface area contributed by atoms with Crippen LogP contribution >= 0.6 is 0 Å². The van der Waals surface area contributed by atoms with Crippen LogP contribution in [0.3, 0.4) is 0 Å². The van der Waals surface area contributed by atoms with E-state index in [-0.39, 0.29) is 13.2 Å². The van der Waals surface area contributed by atoms with E-state index in [1.54, 1.807) is 0 Å². The summed E-state index contributed by atoms with van der Waals surface area (Å²) >= 11 is 0. The van der Waals surface area contributed by atoms with Crippen molar-refractivity contribution in [3.63, 3.8) is 0 Å². The van der Waals surface area contributed by atoms with Crippen molar-refractivity contribution in [3.05, 3.63) is 59.7 Å². The largest absolute Gasteiger partial charge is 0.490 e. The summed E-state index contributed by atoms with van der Waals surface area (Å²) in [5, 5.41) is 22.5. The zero-order valence-electron chi connectivity index (χ0n) is 19.3. The highest BCUT2D eigenvalue weighted by Crippen LogP contribution is 2.28. The lowest BCUT2D eigenvalue weighted by Crippen LogP contribution is -2.55. The molecular formula is C26H36N2O4. The van der Waals surface area contributed by atoms with Crippen LogP contribution in [0.4, 0.5) is 5.69 Å². The van der Waals surface area contributed by atoms with Crippen LogP contribution in [0.2, 0.25) is 0 Å². The van der Waals surface area contributed by atoms with Crippen molar-refractivity contribution in [1.82, 2.24) is 4.90 Å². The summed E-state index contributed by atoms with van der Waals surface area (Å²) in [4.78, 5) is 4.47. The molecule has 2 aliphatic rings. The fraction of sp³-hybridized carbons (Fsp3) is 0.538. The fourth-order valence-corrected chi connectivity index (χ4v) is 4.66. The van der Waals surface area contributed by atoms with E-state index < -0.39 is 11.2 Å².